The van der Waals surface area contributed by atoms with Gasteiger partial charge in [-0.3, -0.25) is 4.79 Å². The summed E-state index contributed by atoms with van der Waals surface area (Å²) in [6, 6.07) is 2.01. The van der Waals surface area contributed by atoms with Crippen molar-refractivity contribution < 1.29 is 4.79 Å². The predicted octanol–water partition coefficient (Wildman–Crippen LogP) is 3.46. The maximum Gasteiger partial charge on any atom is 0.254 e. The van der Waals surface area contributed by atoms with Crippen molar-refractivity contribution in [2.75, 3.05) is 13.1 Å². The average Bonchev–Trinajstić information content (AvgIpc) is 2.63. The van der Waals surface area contributed by atoms with Gasteiger partial charge < -0.3 is 4.90 Å². The van der Waals surface area contributed by atoms with Crippen molar-refractivity contribution in [1.82, 2.24) is 4.90 Å². The highest BCUT2D eigenvalue weighted by Gasteiger charge is 2.17. The summed E-state index contributed by atoms with van der Waals surface area (Å²) < 4.78 is 0. The maximum absolute atomic E-state index is 12.2. The zero-order valence-electron chi connectivity index (χ0n) is 9.87. The predicted molar refractivity (Wildman–Crippen MR) is 68.0 cm³/mol. The molecule has 0 N–H and O–H groups in total. The molecule has 88 valence electrons. The van der Waals surface area contributed by atoms with Gasteiger partial charge in [0.25, 0.3) is 5.91 Å². The minimum absolute atomic E-state index is 0.228. The number of hydrogen-bond donors (Lipinski definition) is 0. The Morgan fingerprint density at radius 2 is 1.81 bits per heavy atom. The SMILES string of the molecule is Cc1cc(C(=O)N2CCCCCCC2)cs1. The number of amides is 1. The lowest BCUT2D eigenvalue weighted by Crippen LogP contribution is -2.33. The van der Waals surface area contributed by atoms with Gasteiger partial charge in [-0.15, -0.1) is 11.3 Å². The standard InChI is InChI=1S/C13H19NOS/c1-11-9-12(10-16-11)13(15)14-7-5-3-2-4-6-8-14/h9-10H,2-8H2,1H3. The second-order valence-electron chi connectivity index (χ2n) is 4.51. The molecule has 0 unspecified atom stereocenters. The van der Waals surface area contributed by atoms with E-state index in [2.05, 4.69) is 6.92 Å². The highest BCUT2D eigenvalue weighted by atomic mass is 32.1. The third kappa shape index (κ3) is 2.85. The molecule has 0 aromatic carbocycles. The molecule has 0 aliphatic carbocycles. The molecule has 1 aromatic heterocycles. The number of hydrogen-bond acceptors (Lipinski definition) is 2. The fraction of sp³-hybridized carbons (Fsp3) is 0.615. The van der Waals surface area contributed by atoms with Crippen LogP contribution in [0.5, 0.6) is 0 Å². The molecule has 16 heavy (non-hydrogen) atoms. The number of carbonyl (C=O) groups excluding carboxylic acids is 1. The minimum atomic E-state index is 0.228. The zero-order chi connectivity index (χ0) is 11.4. The van der Waals surface area contributed by atoms with E-state index >= 15 is 0 Å². The van der Waals surface area contributed by atoms with E-state index in [-0.39, 0.29) is 5.91 Å². The van der Waals surface area contributed by atoms with Crippen LogP contribution in [0, 0.1) is 6.92 Å². The van der Waals surface area contributed by atoms with E-state index in [1.54, 1.807) is 11.3 Å². The van der Waals surface area contributed by atoms with E-state index in [0.717, 1.165) is 31.5 Å². The van der Waals surface area contributed by atoms with Crippen LogP contribution in [0.15, 0.2) is 11.4 Å². The monoisotopic (exact) mass is 237 g/mol. The van der Waals surface area contributed by atoms with Crippen LogP contribution in [0.2, 0.25) is 0 Å². The van der Waals surface area contributed by atoms with Crippen molar-refractivity contribution in [2.24, 2.45) is 0 Å². The summed E-state index contributed by atoms with van der Waals surface area (Å²) in [5, 5.41) is 1.98. The van der Waals surface area contributed by atoms with E-state index in [4.69, 9.17) is 0 Å². The van der Waals surface area contributed by atoms with Crippen LogP contribution in [-0.2, 0) is 0 Å². The molecule has 0 spiro atoms. The van der Waals surface area contributed by atoms with Gasteiger partial charge in [0.15, 0.2) is 0 Å². The number of likely N-dealkylation sites (tertiary alicyclic amines) is 1. The van der Waals surface area contributed by atoms with E-state index in [1.807, 2.05) is 16.3 Å². The van der Waals surface area contributed by atoms with Crippen LogP contribution in [0.4, 0.5) is 0 Å². The summed E-state index contributed by atoms with van der Waals surface area (Å²) in [7, 11) is 0. The second kappa shape index (κ2) is 5.48. The van der Waals surface area contributed by atoms with Crippen LogP contribution < -0.4 is 0 Å². The third-order valence-electron chi connectivity index (χ3n) is 3.12. The average molecular weight is 237 g/mol. The van der Waals surface area contributed by atoms with Gasteiger partial charge in [0, 0.05) is 23.3 Å². The van der Waals surface area contributed by atoms with Crippen molar-refractivity contribution in [3.8, 4) is 0 Å². The summed E-state index contributed by atoms with van der Waals surface area (Å²) in [4.78, 5) is 15.5. The van der Waals surface area contributed by atoms with Crippen molar-refractivity contribution in [3.05, 3.63) is 21.9 Å². The summed E-state index contributed by atoms with van der Waals surface area (Å²) in [6.07, 6.45) is 6.20. The number of thiophene rings is 1. The van der Waals surface area contributed by atoms with Gasteiger partial charge in [-0.2, -0.15) is 0 Å². The lowest BCUT2D eigenvalue weighted by molar-refractivity contribution is 0.0743. The molecule has 0 bridgehead atoms. The van der Waals surface area contributed by atoms with Crippen LogP contribution in [0.1, 0.15) is 47.3 Å². The molecule has 1 amide bonds. The van der Waals surface area contributed by atoms with Gasteiger partial charge in [-0.1, -0.05) is 19.3 Å². The first-order chi connectivity index (χ1) is 7.77. The fourth-order valence-corrected chi connectivity index (χ4v) is 2.87. The van der Waals surface area contributed by atoms with Crippen molar-refractivity contribution in [2.45, 2.75) is 39.0 Å². The highest BCUT2D eigenvalue weighted by Crippen LogP contribution is 2.17. The lowest BCUT2D eigenvalue weighted by atomic mass is 10.1. The van der Waals surface area contributed by atoms with E-state index < -0.39 is 0 Å². The first-order valence-electron chi connectivity index (χ1n) is 6.12. The number of carbonyl (C=O) groups is 1. The quantitative estimate of drug-likeness (QED) is 0.732. The zero-order valence-corrected chi connectivity index (χ0v) is 10.7. The molecule has 1 aromatic rings. The molecule has 1 aliphatic rings. The normalized spacial score (nSPS) is 17.9. The van der Waals surface area contributed by atoms with E-state index in [9.17, 15) is 4.79 Å². The van der Waals surface area contributed by atoms with Crippen LogP contribution in [-0.4, -0.2) is 23.9 Å². The Bertz CT molecular complexity index is 351. The number of nitrogens with zero attached hydrogens (tertiary/aromatic N) is 1. The Balaban J connectivity index is 2.01. The van der Waals surface area contributed by atoms with Crippen molar-refractivity contribution in [3.63, 3.8) is 0 Å². The van der Waals surface area contributed by atoms with Crippen LogP contribution >= 0.6 is 11.3 Å². The molecule has 0 atom stereocenters. The number of rotatable bonds is 1. The Morgan fingerprint density at radius 3 is 2.38 bits per heavy atom. The molecule has 0 radical (unpaired) electrons. The Kier molecular flexibility index (Phi) is 3.99. The fourth-order valence-electron chi connectivity index (χ4n) is 2.19. The molecule has 2 heterocycles. The summed E-state index contributed by atoms with van der Waals surface area (Å²) in [5.74, 6) is 0.228. The van der Waals surface area contributed by atoms with Gasteiger partial charge in [-0.25, -0.2) is 0 Å². The largest absolute Gasteiger partial charge is 0.339 e. The Morgan fingerprint density at radius 1 is 1.19 bits per heavy atom. The first kappa shape index (κ1) is 11.6. The lowest BCUT2D eigenvalue weighted by Gasteiger charge is -2.24. The van der Waals surface area contributed by atoms with Gasteiger partial charge >= 0.3 is 0 Å². The maximum atomic E-state index is 12.2. The van der Waals surface area contributed by atoms with Crippen LogP contribution in [0.3, 0.4) is 0 Å². The van der Waals surface area contributed by atoms with E-state index in [1.165, 1.54) is 24.1 Å². The van der Waals surface area contributed by atoms with Gasteiger partial charge in [0.1, 0.15) is 0 Å². The van der Waals surface area contributed by atoms with Gasteiger partial charge in [0.05, 0.1) is 5.56 Å². The summed E-state index contributed by atoms with van der Waals surface area (Å²) in [5.41, 5.74) is 0.878. The smallest absolute Gasteiger partial charge is 0.254 e. The highest BCUT2D eigenvalue weighted by molar-refractivity contribution is 7.10. The first-order valence-corrected chi connectivity index (χ1v) is 7.00. The molecule has 2 rings (SSSR count). The topological polar surface area (TPSA) is 20.3 Å². The molecule has 1 fully saturated rings. The summed E-state index contributed by atoms with van der Waals surface area (Å²) in [6.45, 7) is 3.93. The molecular weight excluding hydrogens is 218 g/mol. The van der Waals surface area contributed by atoms with Crippen molar-refractivity contribution in [1.29, 1.82) is 0 Å². The van der Waals surface area contributed by atoms with Gasteiger partial charge in [0.2, 0.25) is 0 Å². The Labute approximate surface area is 101 Å². The molecular formula is C13H19NOS. The minimum Gasteiger partial charge on any atom is -0.339 e. The summed E-state index contributed by atoms with van der Waals surface area (Å²) >= 11 is 1.66. The van der Waals surface area contributed by atoms with E-state index in [0.29, 0.717) is 0 Å². The molecule has 1 aliphatic heterocycles. The van der Waals surface area contributed by atoms with Crippen molar-refractivity contribution >= 4 is 17.2 Å². The molecule has 0 saturated carbocycles. The van der Waals surface area contributed by atoms with Gasteiger partial charge in [-0.05, 0) is 25.8 Å². The molecule has 2 nitrogen and oxygen atoms in total. The molecule has 3 heteroatoms. The number of aryl methyl sites for hydroxylation is 1. The van der Waals surface area contributed by atoms with Crippen LogP contribution in [0.25, 0.3) is 0 Å². The molecule has 1 saturated heterocycles. The second-order valence-corrected chi connectivity index (χ2v) is 5.62. The Hall–Kier alpha value is -0.830. The third-order valence-corrected chi connectivity index (χ3v) is 3.98.